The molecule has 10 heteroatoms. The molecular formula is C22H22ClN5O2S2. The second-order valence-corrected chi connectivity index (χ2v) is 10.2. The van der Waals surface area contributed by atoms with Gasteiger partial charge in [0.1, 0.15) is 16.5 Å². The largest absolute Gasteiger partial charge is 0.383 e. The molecule has 0 unspecified atom stereocenters. The van der Waals surface area contributed by atoms with Crippen LogP contribution in [0.25, 0.3) is 21.1 Å². The molecule has 0 saturated carbocycles. The molecule has 0 atom stereocenters. The first-order valence-electron chi connectivity index (χ1n) is 10.4. The normalized spacial score (nSPS) is 13.7. The van der Waals surface area contributed by atoms with E-state index in [1.807, 2.05) is 0 Å². The SMILES string of the molecule is COCCn1c(SCc2nc(N)c3c4c(sc3n2)CCCC4)nc2cc(Cl)ccc2c1=O. The molecule has 0 bridgehead atoms. The molecule has 1 aromatic carbocycles. The van der Waals surface area contributed by atoms with Crippen LogP contribution >= 0.6 is 34.7 Å². The lowest BCUT2D eigenvalue weighted by Gasteiger charge is -2.13. The van der Waals surface area contributed by atoms with Crippen LogP contribution in [0.4, 0.5) is 5.82 Å². The molecule has 1 aliphatic rings. The molecule has 32 heavy (non-hydrogen) atoms. The molecule has 1 aliphatic carbocycles. The first kappa shape index (κ1) is 21.6. The van der Waals surface area contributed by atoms with Gasteiger partial charge < -0.3 is 10.5 Å². The summed E-state index contributed by atoms with van der Waals surface area (Å²) in [5.74, 6) is 1.63. The number of methoxy groups -OCH3 is 1. The summed E-state index contributed by atoms with van der Waals surface area (Å²) in [7, 11) is 1.61. The molecular weight excluding hydrogens is 466 g/mol. The minimum atomic E-state index is -0.118. The number of aryl methyl sites for hydroxylation is 2. The maximum Gasteiger partial charge on any atom is 0.262 e. The summed E-state index contributed by atoms with van der Waals surface area (Å²) in [6.07, 6.45) is 4.54. The van der Waals surface area contributed by atoms with Gasteiger partial charge in [-0.15, -0.1) is 11.3 Å². The smallest absolute Gasteiger partial charge is 0.262 e. The molecule has 0 saturated heterocycles. The fourth-order valence-electron chi connectivity index (χ4n) is 4.09. The van der Waals surface area contributed by atoms with Crippen molar-refractivity contribution in [2.45, 2.75) is 43.1 Å². The Morgan fingerprint density at radius 1 is 1.25 bits per heavy atom. The molecule has 4 aromatic rings. The van der Waals surface area contributed by atoms with E-state index >= 15 is 0 Å². The molecule has 0 amide bonds. The lowest BCUT2D eigenvalue weighted by molar-refractivity contribution is 0.183. The molecule has 0 aliphatic heterocycles. The monoisotopic (exact) mass is 487 g/mol. The molecule has 0 radical (unpaired) electrons. The highest BCUT2D eigenvalue weighted by molar-refractivity contribution is 7.98. The van der Waals surface area contributed by atoms with Crippen molar-refractivity contribution in [3.05, 3.63) is 49.8 Å². The van der Waals surface area contributed by atoms with Crippen LogP contribution < -0.4 is 11.3 Å². The number of hydrogen-bond donors (Lipinski definition) is 1. The Kier molecular flexibility index (Phi) is 6.07. The number of rotatable bonds is 6. The molecule has 3 aromatic heterocycles. The number of fused-ring (bicyclic) bond motifs is 4. The van der Waals surface area contributed by atoms with Crippen molar-refractivity contribution in [1.29, 1.82) is 0 Å². The Morgan fingerprint density at radius 2 is 2.09 bits per heavy atom. The van der Waals surface area contributed by atoms with Crippen molar-refractivity contribution in [2.75, 3.05) is 19.5 Å². The second kappa shape index (κ2) is 8.97. The van der Waals surface area contributed by atoms with Crippen LogP contribution in [0.1, 0.15) is 29.1 Å². The van der Waals surface area contributed by atoms with Crippen LogP contribution in [-0.4, -0.2) is 33.2 Å². The van der Waals surface area contributed by atoms with Gasteiger partial charge >= 0.3 is 0 Å². The van der Waals surface area contributed by atoms with E-state index in [0.717, 1.165) is 23.1 Å². The summed E-state index contributed by atoms with van der Waals surface area (Å²) in [5.41, 5.74) is 8.13. The van der Waals surface area contributed by atoms with Crippen molar-refractivity contribution in [2.24, 2.45) is 0 Å². The Morgan fingerprint density at radius 3 is 2.94 bits per heavy atom. The number of thiophene rings is 1. The number of nitrogens with two attached hydrogens (primary N) is 1. The summed E-state index contributed by atoms with van der Waals surface area (Å²) in [6.45, 7) is 0.813. The Balaban J connectivity index is 1.50. The Labute approximate surface area is 198 Å². The third kappa shape index (κ3) is 3.98. The van der Waals surface area contributed by atoms with Gasteiger partial charge in [-0.25, -0.2) is 15.0 Å². The number of halogens is 1. The van der Waals surface area contributed by atoms with Crippen molar-refractivity contribution in [3.63, 3.8) is 0 Å². The topological polar surface area (TPSA) is 95.9 Å². The van der Waals surface area contributed by atoms with Gasteiger partial charge in [-0.3, -0.25) is 9.36 Å². The zero-order chi connectivity index (χ0) is 22.2. The van der Waals surface area contributed by atoms with E-state index in [2.05, 4.69) is 4.98 Å². The Bertz CT molecular complexity index is 1380. The van der Waals surface area contributed by atoms with Gasteiger partial charge in [0, 0.05) is 17.0 Å². The molecule has 5 rings (SSSR count). The number of thioether (sulfide) groups is 1. The number of benzene rings is 1. The van der Waals surface area contributed by atoms with Gasteiger partial charge in [-0.1, -0.05) is 23.4 Å². The summed E-state index contributed by atoms with van der Waals surface area (Å²) >= 11 is 9.27. The van der Waals surface area contributed by atoms with Crippen molar-refractivity contribution < 1.29 is 4.74 Å². The predicted molar refractivity (Wildman–Crippen MR) is 131 cm³/mol. The molecule has 0 fully saturated rings. The highest BCUT2D eigenvalue weighted by atomic mass is 35.5. The van der Waals surface area contributed by atoms with Crippen LogP contribution in [0.3, 0.4) is 0 Å². The van der Waals surface area contributed by atoms with Crippen LogP contribution in [0.15, 0.2) is 28.2 Å². The predicted octanol–water partition coefficient (Wildman–Crippen LogP) is 4.45. The quantitative estimate of drug-likeness (QED) is 0.317. The zero-order valence-corrected chi connectivity index (χ0v) is 19.9. The van der Waals surface area contributed by atoms with Gasteiger partial charge in [0.15, 0.2) is 5.16 Å². The lowest BCUT2D eigenvalue weighted by atomic mass is 9.97. The summed E-state index contributed by atoms with van der Waals surface area (Å²) in [5, 5.41) is 2.67. The van der Waals surface area contributed by atoms with Crippen LogP contribution in [-0.2, 0) is 29.9 Å². The van der Waals surface area contributed by atoms with Gasteiger partial charge in [-0.05, 0) is 49.4 Å². The van der Waals surface area contributed by atoms with Crippen LogP contribution in [0, 0.1) is 0 Å². The number of anilines is 1. The third-order valence-electron chi connectivity index (χ3n) is 5.62. The Hall–Kier alpha value is -2.20. The molecule has 166 valence electrons. The summed E-state index contributed by atoms with van der Waals surface area (Å²) in [4.78, 5) is 29.5. The van der Waals surface area contributed by atoms with E-state index in [9.17, 15) is 4.79 Å². The van der Waals surface area contributed by atoms with Gasteiger partial charge in [0.05, 0.1) is 35.2 Å². The van der Waals surface area contributed by atoms with Gasteiger partial charge in [0.2, 0.25) is 0 Å². The average Bonchev–Trinajstić information content (AvgIpc) is 3.16. The average molecular weight is 488 g/mol. The zero-order valence-electron chi connectivity index (χ0n) is 17.6. The fourth-order valence-corrected chi connectivity index (χ4v) is 6.42. The van der Waals surface area contributed by atoms with Crippen molar-refractivity contribution in [3.8, 4) is 0 Å². The summed E-state index contributed by atoms with van der Waals surface area (Å²) in [6, 6.07) is 5.12. The van der Waals surface area contributed by atoms with Crippen molar-refractivity contribution >= 4 is 61.6 Å². The minimum Gasteiger partial charge on any atom is -0.383 e. The fraction of sp³-hybridized carbons (Fsp3) is 0.364. The molecule has 7 nitrogen and oxygen atoms in total. The van der Waals surface area contributed by atoms with Crippen LogP contribution in [0.5, 0.6) is 0 Å². The van der Waals surface area contributed by atoms with Gasteiger partial charge in [0.25, 0.3) is 5.56 Å². The van der Waals surface area contributed by atoms with E-state index in [0.29, 0.717) is 51.6 Å². The number of nitrogen functional groups attached to an aromatic ring is 1. The summed E-state index contributed by atoms with van der Waals surface area (Å²) < 4.78 is 6.83. The molecule has 0 spiro atoms. The van der Waals surface area contributed by atoms with E-state index in [1.165, 1.54) is 35.0 Å². The van der Waals surface area contributed by atoms with E-state index in [-0.39, 0.29) is 5.56 Å². The standard InChI is InChI=1S/C22H22ClN5O2S2/c1-30-9-8-28-21(29)13-7-6-12(23)10-15(13)25-22(28)31-11-17-26-19(24)18-14-4-2-3-5-16(14)32-20(18)27-17/h6-7,10H,2-5,8-9,11H2,1H3,(H2,24,26,27). The van der Waals surface area contributed by atoms with E-state index < -0.39 is 0 Å². The minimum absolute atomic E-state index is 0.118. The van der Waals surface area contributed by atoms with Crippen LogP contribution in [0.2, 0.25) is 5.02 Å². The number of nitrogens with zero attached hydrogens (tertiary/aromatic N) is 4. The number of hydrogen-bond acceptors (Lipinski definition) is 8. The van der Waals surface area contributed by atoms with Gasteiger partial charge in [-0.2, -0.15) is 0 Å². The third-order valence-corrected chi connectivity index (χ3v) is 8.01. The first-order chi connectivity index (χ1) is 15.5. The van der Waals surface area contributed by atoms with E-state index in [4.69, 9.17) is 32.0 Å². The maximum atomic E-state index is 13.1. The highest BCUT2D eigenvalue weighted by Crippen LogP contribution is 2.38. The molecule has 3 heterocycles. The number of aromatic nitrogens is 4. The maximum absolute atomic E-state index is 13.1. The lowest BCUT2D eigenvalue weighted by Crippen LogP contribution is -2.25. The highest BCUT2D eigenvalue weighted by Gasteiger charge is 2.20. The van der Waals surface area contributed by atoms with Crippen molar-refractivity contribution in [1.82, 2.24) is 19.5 Å². The molecule has 2 N–H and O–H groups in total. The second-order valence-electron chi connectivity index (χ2n) is 7.71. The number of ether oxygens (including phenoxy) is 1. The van der Waals surface area contributed by atoms with E-state index in [1.54, 1.807) is 41.2 Å². The first-order valence-corrected chi connectivity index (χ1v) is 12.6.